The third kappa shape index (κ3) is 4.47. The van der Waals surface area contributed by atoms with Crippen molar-refractivity contribution in [1.82, 2.24) is 20.1 Å². The molecule has 1 saturated carbocycles. The minimum absolute atomic E-state index is 0.112. The Morgan fingerprint density at radius 3 is 2.92 bits per heavy atom. The molecule has 1 fully saturated rings. The number of alkyl halides is 3. The van der Waals surface area contributed by atoms with Crippen LogP contribution in [-0.4, -0.2) is 33.0 Å². The number of amides is 2. The minimum atomic E-state index is -4.32. The van der Waals surface area contributed by atoms with Crippen molar-refractivity contribution in [2.45, 2.75) is 38.5 Å². The second-order valence-corrected chi connectivity index (χ2v) is 6.63. The first-order valence-electron chi connectivity index (χ1n) is 7.44. The summed E-state index contributed by atoms with van der Waals surface area (Å²) in [6, 6.07) is 1.24. The maximum Gasteiger partial charge on any atom is 0.408 e. The van der Waals surface area contributed by atoms with Crippen LogP contribution in [0.3, 0.4) is 0 Å². The number of nitrogens with one attached hydrogen (secondary N) is 2. The molecule has 1 aliphatic rings. The molecule has 24 heavy (non-hydrogen) atoms. The van der Waals surface area contributed by atoms with Crippen LogP contribution >= 0.6 is 11.3 Å². The topological polar surface area (TPSA) is 71.8 Å². The number of hydrogen-bond donors (Lipinski definition) is 2. The number of aromatic nitrogens is 3. The van der Waals surface area contributed by atoms with Crippen LogP contribution < -0.4 is 10.6 Å². The summed E-state index contributed by atoms with van der Waals surface area (Å²) in [5, 5.41) is 11.4. The van der Waals surface area contributed by atoms with E-state index in [1.165, 1.54) is 23.6 Å². The van der Waals surface area contributed by atoms with Gasteiger partial charge in [0.2, 0.25) is 0 Å². The normalized spacial score (nSPS) is 16.0. The molecule has 0 radical (unpaired) electrons. The average Bonchev–Trinajstić information content (AvgIpc) is 3.07. The van der Waals surface area contributed by atoms with Crippen molar-refractivity contribution >= 4 is 23.2 Å². The summed E-state index contributed by atoms with van der Waals surface area (Å²) < 4.78 is 37.8. The zero-order chi connectivity index (χ0) is 17.3. The van der Waals surface area contributed by atoms with Crippen molar-refractivity contribution in [2.75, 3.05) is 5.32 Å². The number of anilines is 1. The number of rotatable bonds is 5. The maximum absolute atomic E-state index is 12.3. The number of halogens is 3. The van der Waals surface area contributed by atoms with Gasteiger partial charge in [0.25, 0.3) is 0 Å². The smallest absolute Gasteiger partial charge is 0.335 e. The van der Waals surface area contributed by atoms with Crippen LogP contribution in [0.5, 0.6) is 0 Å². The Bertz CT molecular complexity index is 722. The molecule has 0 unspecified atom stereocenters. The van der Waals surface area contributed by atoms with E-state index in [1.807, 2.05) is 6.92 Å². The van der Waals surface area contributed by atoms with Crippen molar-refractivity contribution in [3.63, 3.8) is 0 Å². The van der Waals surface area contributed by atoms with Gasteiger partial charge in [0.15, 0.2) is 0 Å². The molecule has 2 heterocycles. The first-order valence-corrected chi connectivity index (χ1v) is 8.32. The van der Waals surface area contributed by atoms with Crippen LogP contribution in [0.15, 0.2) is 17.6 Å². The van der Waals surface area contributed by atoms with Crippen LogP contribution in [0.2, 0.25) is 0 Å². The van der Waals surface area contributed by atoms with Gasteiger partial charge in [0.1, 0.15) is 23.1 Å². The molecular formula is C14H16F3N5OS. The van der Waals surface area contributed by atoms with Crippen LogP contribution in [-0.2, 0) is 6.54 Å². The molecule has 10 heteroatoms. The number of carbonyl (C=O) groups is 1. The molecule has 3 rings (SSSR count). The van der Waals surface area contributed by atoms with Crippen LogP contribution in [0.25, 0.3) is 10.7 Å². The van der Waals surface area contributed by atoms with Gasteiger partial charge < -0.3 is 5.32 Å². The highest BCUT2D eigenvalue weighted by molar-refractivity contribution is 7.13. The zero-order valence-electron chi connectivity index (χ0n) is 12.8. The molecule has 0 bridgehead atoms. The van der Waals surface area contributed by atoms with Gasteiger partial charge in [-0.1, -0.05) is 0 Å². The summed E-state index contributed by atoms with van der Waals surface area (Å²) in [4.78, 5) is 16.0. The summed E-state index contributed by atoms with van der Waals surface area (Å²) in [6.07, 6.45) is -0.817. The van der Waals surface area contributed by atoms with Crippen LogP contribution in [0, 0.1) is 5.92 Å². The highest BCUT2D eigenvalue weighted by Crippen LogP contribution is 2.32. The minimum Gasteiger partial charge on any atom is -0.335 e. The van der Waals surface area contributed by atoms with E-state index in [2.05, 4.69) is 20.7 Å². The average molecular weight is 359 g/mol. The van der Waals surface area contributed by atoms with E-state index in [0.29, 0.717) is 22.4 Å². The third-order valence-corrected chi connectivity index (χ3v) is 4.50. The Hall–Kier alpha value is -2.10. The lowest BCUT2D eigenvalue weighted by Gasteiger charge is -2.12. The van der Waals surface area contributed by atoms with Gasteiger partial charge in [-0.2, -0.15) is 18.3 Å². The monoisotopic (exact) mass is 359 g/mol. The third-order valence-electron chi connectivity index (χ3n) is 3.63. The molecule has 1 atom stereocenters. The number of carbonyl (C=O) groups excluding carboxylic acids is 1. The van der Waals surface area contributed by atoms with Gasteiger partial charge in [0, 0.05) is 17.6 Å². The first-order chi connectivity index (χ1) is 11.3. The van der Waals surface area contributed by atoms with Gasteiger partial charge in [-0.05, 0) is 31.7 Å². The number of hydrogen-bond acceptors (Lipinski definition) is 4. The van der Waals surface area contributed by atoms with Crippen molar-refractivity contribution < 1.29 is 18.0 Å². The van der Waals surface area contributed by atoms with E-state index < -0.39 is 12.7 Å². The van der Waals surface area contributed by atoms with Gasteiger partial charge in [0.05, 0.1) is 0 Å². The summed E-state index contributed by atoms with van der Waals surface area (Å²) in [5.74, 6) is 0.889. The van der Waals surface area contributed by atoms with Crippen molar-refractivity contribution in [3.05, 3.63) is 17.6 Å². The predicted octanol–water partition coefficient (Wildman–Crippen LogP) is 3.49. The molecule has 0 aliphatic heterocycles. The second-order valence-electron chi connectivity index (χ2n) is 5.78. The Morgan fingerprint density at radius 1 is 1.50 bits per heavy atom. The molecule has 0 aromatic carbocycles. The van der Waals surface area contributed by atoms with Gasteiger partial charge >= 0.3 is 12.2 Å². The Labute approximate surface area is 140 Å². The van der Waals surface area contributed by atoms with Crippen LogP contribution in [0.4, 0.5) is 23.8 Å². The first kappa shape index (κ1) is 16.7. The van der Waals surface area contributed by atoms with E-state index >= 15 is 0 Å². The molecule has 6 nitrogen and oxygen atoms in total. The highest BCUT2D eigenvalue weighted by atomic mass is 32.1. The van der Waals surface area contributed by atoms with Crippen molar-refractivity contribution in [3.8, 4) is 10.7 Å². The summed E-state index contributed by atoms with van der Waals surface area (Å²) in [7, 11) is 0. The fourth-order valence-electron chi connectivity index (χ4n) is 2.27. The number of urea groups is 1. The zero-order valence-corrected chi connectivity index (χ0v) is 13.6. The summed E-state index contributed by atoms with van der Waals surface area (Å²) in [5.41, 5.74) is 0.337. The lowest BCUT2D eigenvalue weighted by Crippen LogP contribution is -2.37. The molecule has 2 aromatic rings. The van der Waals surface area contributed by atoms with Crippen molar-refractivity contribution in [2.24, 2.45) is 5.92 Å². The van der Waals surface area contributed by atoms with Crippen LogP contribution in [0.1, 0.15) is 19.8 Å². The Morgan fingerprint density at radius 2 is 2.25 bits per heavy atom. The van der Waals surface area contributed by atoms with Gasteiger partial charge in [-0.3, -0.25) is 10.00 Å². The quantitative estimate of drug-likeness (QED) is 0.858. The lowest BCUT2D eigenvalue weighted by atomic mass is 10.2. The van der Waals surface area contributed by atoms with E-state index in [4.69, 9.17) is 0 Å². The van der Waals surface area contributed by atoms with E-state index in [0.717, 1.165) is 17.5 Å². The molecule has 1 aliphatic carbocycles. The van der Waals surface area contributed by atoms with Gasteiger partial charge in [-0.25, -0.2) is 9.78 Å². The van der Waals surface area contributed by atoms with Crippen molar-refractivity contribution in [1.29, 1.82) is 0 Å². The maximum atomic E-state index is 12.3. The molecule has 0 spiro atoms. The Kier molecular flexibility index (Phi) is 4.48. The standard InChI is InChI=1S/C14H16F3N5OS/c1-8(9-2-3-9)18-13(23)20-11-6-24-12(19-11)10-4-5-22(21-10)7-14(15,16)17/h4-6,8-9H,2-3,7H2,1H3,(H2,18,20,23)/t8-/m0/s1. The lowest BCUT2D eigenvalue weighted by molar-refractivity contribution is -0.142. The number of nitrogens with zero attached hydrogens (tertiary/aromatic N) is 3. The highest BCUT2D eigenvalue weighted by Gasteiger charge is 2.29. The fourth-order valence-corrected chi connectivity index (χ4v) is 2.99. The summed E-state index contributed by atoms with van der Waals surface area (Å²) in [6.45, 7) is 0.807. The predicted molar refractivity (Wildman–Crippen MR) is 83.7 cm³/mol. The van der Waals surface area contributed by atoms with E-state index in [1.54, 1.807) is 5.38 Å². The molecular weight excluding hydrogens is 343 g/mol. The van der Waals surface area contributed by atoms with E-state index in [9.17, 15) is 18.0 Å². The second kappa shape index (κ2) is 6.42. The van der Waals surface area contributed by atoms with E-state index in [-0.39, 0.29) is 12.1 Å². The van der Waals surface area contributed by atoms with Gasteiger partial charge in [-0.15, -0.1) is 11.3 Å². The molecule has 2 aromatic heterocycles. The summed E-state index contributed by atoms with van der Waals surface area (Å²) >= 11 is 1.20. The molecule has 0 saturated heterocycles. The fraction of sp³-hybridized carbons (Fsp3) is 0.500. The largest absolute Gasteiger partial charge is 0.408 e. The molecule has 130 valence electrons. The Balaban J connectivity index is 1.59. The number of thiazole rings is 1. The molecule has 2 amide bonds. The SMILES string of the molecule is C[C@H](NC(=O)Nc1csc(-c2ccn(CC(F)(F)F)n2)n1)C1CC1. The molecule has 2 N–H and O–H groups in total.